The molecule has 0 heterocycles. The van der Waals surface area contributed by atoms with Gasteiger partial charge in [0.25, 0.3) is 0 Å². The monoisotopic (exact) mass is 398 g/mol. The van der Waals surface area contributed by atoms with Crippen molar-refractivity contribution in [1.29, 1.82) is 0 Å². The van der Waals surface area contributed by atoms with Gasteiger partial charge in [-0.25, -0.2) is 0 Å². The number of allylic oxidation sites excluding steroid dienone is 2. The highest BCUT2D eigenvalue weighted by Gasteiger charge is 2.20. The lowest BCUT2D eigenvalue weighted by atomic mass is 9.78. The molecule has 0 atom stereocenters. The summed E-state index contributed by atoms with van der Waals surface area (Å²) in [4.78, 5) is 0. The summed E-state index contributed by atoms with van der Waals surface area (Å²) in [7, 11) is 0. The van der Waals surface area contributed by atoms with Gasteiger partial charge in [0.1, 0.15) is 0 Å². The topological polar surface area (TPSA) is 0 Å². The van der Waals surface area contributed by atoms with Gasteiger partial charge in [0.2, 0.25) is 0 Å². The van der Waals surface area contributed by atoms with Gasteiger partial charge in [-0.3, -0.25) is 0 Å². The average Bonchev–Trinajstić information content (AvgIpc) is 2.81. The van der Waals surface area contributed by atoms with Crippen LogP contribution in [0.3, 0.4) is 0 Å². The second-order valence-electron chi connectivity index (χ2n) is 8.89. The highest BCUT2D eigenvalue weighted by Crippen LogP contribution is 2.36. The summed E-state index contributed by atoms with van der Waals surface area (Å²) < 4.78 is 0. The molecule has 1 fully saturated rings. The number of unbranched alkanes of at least 4 members (excludes halogenated alkanes) is 2. The van der Waals surface area contributed by atoms with Crippen LogP contribution in [-0.2, 0) is 12.8 Å². The molecular weight excluding hydrogens is 360 g/mol. The Morgan fingerprint density at radius 3 is 1.90 bits per heavy atom. The molecule has 2 aromatic rings. The molecule has 0 N–H and O–H groups in total. The second-order valence-corrected chi connectivity index (χ2v) is 8.89. The van der Waals surface area contributed by atoms with Crippen molar-refractivity contribution < 1.29 is 0 Å². The molecule has 1 aliphatic rings. The molecule has 30 heavy (non-hydrogen) atoms. The van der Waals surface area contributed by atoms with E-state index in [9.17, 15) is 0 Å². The molecule has 0 spiro atoms. The molecule has 0 amide bonds. The molecular formula is C30H38. The van der Waals surface area contributed by atoms with Gasteiger partial charge < -0.3 is 0 Å². The van der Waals surface area contributed by atoms with E-state index in [0.717, 1.165) is 11.5 Å². The van der Waals surface area contributed by atoms with E-state index in [1.165, 1.54) is 75.3 Å². The second kappa shape index (κ2) is 12.4. The molecule has 2 aromatic carbocycles. The lowest BCUT2D eigenvalue weighted by Crippen LogP contribution is -2.11. The first-order valence-electron chi connectivity index (χ1n) is 12.1. The molecule has 1 aliphatic carbocycles. The van der Waals surface area contributed by atoms with Crippen LogP contribution in [0.1, 0.15) is 93.4 Å². The minimum atomic E-state index is 0.691. The number of hydrogen-bond acceptors (Lipinski definition) is 0. The predicted molar refractivity (Wildman–Crippen MR) is 131 cm³/mol. The summed E-state index contributed by atoms with van der Waals surface area (Å²) >= 11 is 0. The van der Waals surface area contributed by atoms with Crippen molar-refractivity contribution in [3.8, 4) is 11.8 Å². The van der Waals surface area contributed by atoms with Crippen LogP contribution in [0, 0.1) is 17.8 Å². The number of rotatable bonds is 8. The van der Waals surface area contributed by atoms with E-state index in [2.05, 4.69) is 86.4 Å². The third kappa shape index (κ3) is 7.21. The molecule has 0 nitrogen and oxygen atoms in total. The normalized spacial score (nSPS) is 18.9. The van der Waals surface area contributed by atoms with Crippen LogP contribution in [0.5, 0.6) is 0 Å². The Morgan fingerprint density at radius 2 is 1.33 bits per heavy atom. The van der Waals surface area contributed by atoms with Crippen LogP contribution >= 0.6 is 0 Å². The Balaban J connectivity index is 1.43. The molecule has 0 heteroatoms. The van der Waals surface area contributed by atoms with E-state index < -0.39 is 0 Å². The van der Waals surface area contributed by atoms with Crippen molar-refractivity contribution in [1.82, 2.24) is 0 Å². The van der Waals surface area contributed by atoms with Crippen molar-refractivity contribution in [2.75, 3.05) is 0 Å². The number of aryl methyl sites for hydroxylation is 2. The van der Waals surface area contributed by atoms with Gasteiger partial charge in [-0.2, -0.15) is 0 Å². The third-order valence-electron chi connectivity index (χ3n) is 6.48. The molecule has 158 valence electrons. The summed E-state index contributed by atoms with van der Waals surface area (Å²) in [5.74, 6) is 7.97. The van der Waals surface area contributed by atoms with Crippen LogP contribution in [0.25, 0.3) is 0 Å². The van der Waals surface area contributed by atoms with Gasteiger partial charge in [0.05, 0.1) is 0 Å². The van der Waals surface area contributed by atoms with E-state index in [1.54, 1.807) is 5.56 Å². The van der Waals surface area contributed by atoms with Gasteiger partial charge >= 0.3 is 0 Å². The quantitative estimate of drug-likeness (QED) is 0.393. The largest absolute Gasteiger partial charge is 0.0730 e. The summed E-state index contributed by atoms with van der Waals surface area (Å²) in [5.41, 5.74) is 5.57. The zero-order chi connectivity index (χ0) is 21.0. The van der Waals surface area contributed by atoms with Gasteiger partial charge in [-0.05, 0) is 98.1 Å². The first-order chi connectivity index (χ1) is 14.8. The Morgan fingerprint density at radius 1 is 0.767 bits per heavy atom. The van der Waals surface area contributed by atoms with Crippen molar-refractivity contribution >= 4 is 0 Å². The number of benzene rings is 2. The van der Waals surface area contributed by atoms with Crippen LogP contribution in [0.2, 0.25) is 0 Å². The zero-order valence-electron chi connectivity index (χ0n) is 19.0. The maximum absolute atomic E-state index is 3.29. The third-order valence-corrected chi connectivity index (χ3v) is 6.48. The fourth-order valence-corrected chi connectivity index (χ4v) is 4.43. The van der Waals surface area contributed by atoms with Crippen molar-refractivity contribution in [3.05, 3.63) is 82.9 Å². The molecule has 0 bridgehead atoms. The van der Waals surface area contributed by atoms with Crippen molar-refractivity contribution in [3.63, 3.8) is 0 Å². The lowest BCUT2D eigenvalue weighted by molar-refractivity contribution is 0.376. The van der Waals surface area contributed by atoms with Gasteiger partial charge in [-0.15, -0.1) is 0 Å². The fraction of sp³-hybridized carbons (Fsp3) is 0.467. The fourth-order valence-electron chi connectivity index (χ4n) is 4.43. The van der Waals surface area contributed by atoms with Crippen LogP contribution in [0.15, 0.2) is 60.7 Å². The van der Waals surface area contributed by atoms with Crippen LogP contribution in [0.4, 0.5) is 0 Å². The standard InChI is InChI=1S/C30H38/c1-3-5-9-25-13-15-27(16-14-25)11-7-8-12-28-19-23-30(24-20-28)29-21-17-26(18-22-29)10-6-4-2/h8,12-18,21-22,28,30H,3-6,9-10,19-20,23-24H2,1-2H3/t28-,30-. The molecule has 0 radical (unpaired) electrons. The molecule has 0 unspecified atom stereocenters. The smallest absolute Gasteiger partial charge is 0.0249 e. The van der Waals surface area contributed by atoms with E-state index in [4.69, 9.17) is 0 Å². The van der Waals surface area contributed by atoms with E-state index in [1.807, 2.05) is 0 Å². The predicted octanol–water partition coefficient (Wildman–Crippen LogP) is 8.25. The Hall–Kier alpha value is -2.26. The molecule has 3 rings (SSSR count). The van der Waals surface area contributed by atoms with Crippen molar-refractivity contribution in [2.45, 2.75) is 84.0 Å². The Labute approximate surface area is 184 Å². The molecule has 0 aliphatic heterocycles. The summed E-state index contributed by atoms with van der Waals surface area (Å²) in [6, 6.07) is 18.2. The van der Waals surface area contributed by atoms with Crippen LogP contribution in [-0.4, -0.2) is 0 Å². The van der Waals surface area contributed by atoms with Crippen LogP contribution < -0.4 is 0 Å². The summed E-state index contributed by atoms with van der Waals surface area (Å²) in [6.07, 6.45) is 17.1. The minimum absolute atomic E-state index is 0.691. The molecule has 0 saturated heterocycles. The highest BCUT2D eigenvalue weighted by atomic mass is 14.3. The molecule has 1 saturated carbocycles. The highest BCUT2D eigenvalue weighted by molar-refractivity contribution is 5.38. The zero-order valence-corrected chi connectivity index (χ0v) is 19.0. The SMILES string of the molecule is CCCCc1ccc(C#CC=C[C@H]2CC[C@H](c3ccc(CCCC)cc3)CC2)cc1. The Kier molecular flexibility index (Phi) is 9.30. The minimum Gasteiger partial charge on any atom is -0.0730 e. The lowest BCUT2D eigenvalue weighted by Gasteiger charge is -2.27. The maximum atomic E-state index is 3.29. The van der Waals surface area contributed by atoms with Gasteiger partial charge in [0.15, 0.2) is 0 Å². The summed E-state index contributed by atoms with van der Waals surface area (Å²) in [5, 5.41) is 0. The van der Waals surface area contributed by atoms with E-state index >= 15 is 0 Å². The first kappa shape index (κ1) is 22.4. The average molecular weight is 399 g/mol. The van der Waals surface area contributed by atoms with E-state index in [-0.39, 0.29) is 0 Å². The van der Waals surface area contributed by atoms with Gasteiger partial charge in [-0.1, -0.05) is 81.0 Å². The number of hydrogen-bond donors (Lipinski definition) is 0. The molecule has 0 aromatic heterocycles. The van der Waals surface area contributed by atoms with E-state index in [0.29, 0.717) is 5.92 Å². The van der Waals surface area contributed by atoms with Gasteiger partial charge in [0, 0.05) is 5.56 Å². The maximum Gasteiger partial charge on any atom is 0.0249 e. The first-order valence-corrected chi connectivity index (χ1v) is 12.1. The summed E-state index contributed by atoms with van der Waals surface area (Å²) in [6.45, 7) is 4.50. The Bertz CT molecular complexity index is 818. The van der Waals surface area contributed by atoms with Crippen molar-refractivity contribution in [2.24, 2.45) is 5.92 Å².